The van der Waals surface area contributed by atoms with Gasteiger partial charge in [-0.25, -0.2) is 0 Å². The lowest BCUT2D eigenvalue weighted by Crippen LogP contribution is -3.00. The van der Waals surface area contributed by atoms with Crippen molar-refractivity contribution in [2.45, 2.75) is 19.4 Å². The number of Topliss-reactive ketones (excluding diaryl/α,β-unsaturated/α-hetero) is 1. The van der Waals surface area contributed by atoms with Crippen molar-refractivity contribution in [2.24, 2.45) is 0 Å². The van der Waals surface area contributed by atoms with Crippen LogP contribution in [-0.4, -0.2) is 23.8 Å². The van der Waals surface area contributed by atoms with Crippen LogP contribution in [0.15, 0.2) is 48.5 Å². The highest BCUT2D eigenvalue weighted by Gasteiger charge is 2.16. The van der Waals surface area contributed by atoms with Gasteiger partial charge in [0.1, 0.15) is 0 Å². The third-order valence-electron chi connectivity index (χ3n) is 4.03. The Morgan fingerprint density at radius 2 is 1.73 bits per heavy atom. The van der Waals surface area contributed by atoms with E-state index in [1.54, 1.807) is 24.3 Å². The zero-order valence-corrected chi connectivity index (χ0v) is 13.8. The first-order valence-electron chi connectivity index (χ1n) is 7.30. The second kappa shape index (κ2) is 7.77. The summed E-state index contributed by atoms with van der Waals surface area (Å²) in [5.41, 5.74) is 3.58. The molecule has 2 nitrogen and oxygen atoms in total. The summed E-state index contributed by atoms with van der Waals surface area (Å²) in [5, 5.41) is 0.666. The number of benzene rings is 2. The Bertz CT molecular complexity index is 640. The number of halogens is 2. The van der Waals surface area contributed by atoms with Crippen LogP contribution in [0.4, 0.5) is 0 Å². The van der Waals surface area contributed by atoms with Gasteiger partial charge in [0.25, 0.3) is 0 Å². The third-order valence-corrected chi connectivity index (χ3v) is 4.28. The molecule has 22 heavy (non-hydrogen) atoms. The summed E-state index contributed by atoms with van der Waals surface area (Å²) in [7, 11) is 0. The van der Waals surface area contributed by atoms with Gasteiger partial charge in [-0.1, -0.05) is 35.9 Å². The number of hydrogen-bond donors (Lipinski definition) is 0. The molecule has 0 bridgehead atoms. The van der Waals surface area contributed by atoms with Crippen LogP contribution in [0, 0.1) is 0 Å². The molecule has 1 aliphatic rings. The minimum atomic E-state index is 0. The fourth-order valence-electron chi connectivity index (χ4n) is 2.78. The number of ketones is 1. The van der Waals surface area contributed by atoms with Crippen molar-refractivity contribution >= 4 is 17.4 Å². The Hall–Kier alpha value is -1.35. The smallest absolute Gasteiger partial charge is 0.164 e. The Morgan fingerprint density at radius 1 is 1.05 bits per heavy atom. The first kappa shape index (κ1) is 17.0. The number of nitrogens with zero attached hydrogens (tertiary/aromatic N) is 1. The molecular formula is C18H18Cl2NO-. The average Bonchev–Trinajstić information content (AvgIpc) is 2.53. The van der Waals surface area contributed by atoms with Gasteiger partial charge < -0.3 is 12.4 Å². The van der Waals surface area contributed by atoms with Gasteiger partial charge in [0, 0.05) is 36.6 Å². The maximum absolute atomic E-state index is 12.2. The van der Waals surface area contributed by atoms with E-state index in [0.717, 1.165) is 31.6 Å². The van der Waals surface area contributed by atoms with Crippen LogP contribution < -0.4 is 12.4 Å². The molecule has 0 N–H and O–H groups in total. The zero-order valence-electron chi connectivity index (χ0n) is 12.3. The zero-order chi connectivity index (χ0) is 14.7. The molecule has 0 spiro atoms. The molecular weight excluding hydrogens is 317 g/mol. The molecule has 0 unspecified atom stereocenters. The summed E-state index contributed by atoms with van der Waals surface area (Å²) in [6, 6.07) is 15.7. The predicted molar refractivity (Wildman–Crippen MR) is 85.8 cm³/mol. The molecule has 0 saturated carbocycles. The highest BCUT2D eigenvalue weighted by Crippen LogP contribution is 2.19. The van der Waals surface area contributed by atoms with Crippen LogP contribution in [0.25, 0.3) is 0 Å². The number of rotatable bonds is 4. The molecule has 3 rings (SSSR count). The molecule has 116 valence electrons. The van der Waals surface area contributed by atoms with Crippen molar-refractivity contribution in [2.75, 3.05) is 13.1 Å². The molecule has 1 aliphatic heterocycles. The highest BCUT2D eigenvalue weighted by atomic mass is 35.5. The van der Waals surface area contributed by atoms with Gasteiger partial charge in [-0.2, -0.15) is 0 Å². The lowest BCUT2D eigenvalue weighted by molar-refractivity contribution is -0.0000121. The van der Waals surface area contributed by atoms with Crippen molar-refractivity contribution in [3.05, 3.63) is 70.2 Å². The number of fused-ring (bicyclic) bond motifs is 1. The van der Waals surface area contributed by atoms with Crippen LogP contribution in [0.3, 0.4) is 0 Å². The number of carbonyl (C=O) groups excluding carboxylic acids is 1. The Balaban J connectivity index is 0.00000176. The molecule has 0 saturated heterocycles. The van der Waals surface area contributed by atoms with Gasteiger partial charge in [0.2, 0.25) is 0 Å². The van der Waals surface area contributed by atoms with E-state index in [2.05, 4.69) is 29.2 Å². The Morgan fingerprint density at radius 3 is 2.45 bits per heavy atom. The first-order chi connectivity index (χ1) is 10.2. The fraction of sp³-hybridized carbons (Fsp3) is 0.278. The standard InChI is InChI=1S/C18H18ClNO.ClH/c19-17-7-5-15(6-8-17)18(21)10-12-20-11-9-14-3-1-2-4-16(14)13-20;/h1-8H,9-13H2;1H/p-1. The van der Waals surface area contributed by atoms with E-state index >= 15 is 0 Å². The van der Waals surface area contributed by atoms with Gasteiger partial charge in [-0.05, 0) is 41.8 Å². The molecule has 1 heterocycles. The highest BCUT2D eigenvalue weighted by molar-refractivity contribution is 6.30. The third kappa shape index (κ3) is 4.10. The van der Waals surface area contributed by atoms with Gasteiger partial charge in [0.15, 0.2) is 5.78 Å². The molecule has 4 heteroatoms. The summed E-state index contributed by atoms with van der Waals surface area (Å²) in [6.07, 6.45) is 1.63. The monoisotopic (exact) mass is 334 g/mol. The normalized spacial score (nSPS) is 14.0. The number of carbonyl (C=O) groups is 1. The van der Waals surface area contributed by atoms with E-state index in [1.165, 1.54) is 11.1 Å². The Labute approximate surface area is 142 Å². The van der Waals surface area contributed by atoms with E-state index in [4.69, 9.17) is 11.6 Å². The molecule has 0 atom stereocenters. The van der Waals surface area contributed by atoms with Gasteiger partial charge in [0.05, 0.1) is 0 Å². The minimum absolute atomic E-state index is 0. The van der Waals surface area contributed by atoms with Crippen LogP contribution in [0.1, 0.15) is 27.9 Å². The molecule has 2 aromatic rings. The Kier molecular flexibility index (Phi) is 6.01. The van der Waals surface area contributed by atoms with Crippen LogP contribution in [0.2, 0.25) is 5.02 Å². The van der Waals surface area contributed by atoms with Crippen molar-refractivity contribution in [3.63, 3.8) is 0 Å². The average molecular weight is 335 g/mol. The van der Waals surface area contributed by atoms with E-state index in [-0.39, 0.29) is 18.2 Å². The largest absolute Gasteiger partial charge is 1.00 e. The first-order valence-corrected chi connectivity index (χ1v) is 7.68. The summed E-state index contributed by atoms with van der Waals surface area (Å²) in [4.78, 5) is 14.5. The van der Waals surface area contributed by atoms with Crippen molar-refractivity contribution < 1.29 is 17.2 Å². The van der Waals surface area contributed by atoms with Crippen LogP contribution in [-0.2, 0) is 13.0 Å². The van der Waals surface area contributed by atoms with Crippen molar-refractivity contribution in [3.8, 4) is 0 Å². The van der Waals surface area contributed by atoms with E-state index in [0.29, 0.717) is 11.4 Å². The van der Waals surface area contributed by atoms with Crippen molar-refractivity contribution in [1.82, 2.24) is 4.90 Å². The van der Waals surface area contributed by atoms with Gasteiger partial charge in [-0.15, -0.1) is 0 Å². The van der Waals surface area contributed by atoms with E-state index in [1.807, 2.05) is 0 Å². The second-order valence-electron chi connectivity index (χ2n) is 5.47. The molecule has 0 radical (unpaired) electrons. The van der Waals surface area contributed by atoms with Gasteiger partial charge in [-0.3, -0.25) is 9.69 Å². The van der Waals surface area contributed by atoms with E-state index in [9.17, 15) is 4.79 Å². The summed E-state index contributed by atoms with van der Waals surface area (Å²) >= 11 is 5.84. The molecule has 0 amide bonds. The van der Waals surface area contributed by atoms with Gasteiger partial charge >= 0.3 is 0 Å². The summed E-state index contributed by atoms with van der Waals surface area (Å²) < 4.78 is 0. The molecule has 2 aromatic carbocycles. The lowest BCUT2D eigenvalue weighted by Gasteiger charge is -2.28. The maximum atomic E-state index is 12.2. The van der Waals surface area contributed by atoms with Crippen molar-refractivity contribution in [1.29, 1.82) is 0 Å². The number of hydrogen-bond acceptors (Lipinski definition) is 2. The fourth-order valence-corrected chi connectivity index (χ4v) is 2.91. The molecule has 0 aromatic heterocycles. The summed E-state index contributed by atoms with van der Waals surface area (Å²) in [5.74, 6) is 0.186. The summed E-state index contributed by atoms with van der Waals surface area (Å²) in [6.45, 7) is 2.80. The lowest BCUT2D eigenvalue weighted by atomic mass is 9.99. The topological polar surface area (TPSA) is 20.3 Å². The van der Waals surface area contributed by atoms with Crippen LogP contribution >= 0.6 is 11.6 Å². The minimum Gasteiger partial charge on any atom is -1.00 e. The predicted octanol–water partition coefficient (Wildman–Crippen LogP) is 0.975. The molecule has 0 fully saturated rings. The SMILES string of the molecule is O=C(CCN1CCc2ccccc2C1)c1ccc(Cl)cc1.[Cl-]. The molecule has 0 aliphatic carbocycles. The quantitative estimate of drug-likeness (QED) is 0.777. The second-order valence-corrected chi connectivity index (χ2v) is 5.91. The maximum Gasteiger partial charge on any atom is 0.164 e. The van der Waals surface area contributed by atoms with E-state index < -0.39 is 0 Å². The van der Waals surface area contributed by atoms with Crippen LogP contribution in [0.5, 0.6) is 0 Å².